The summed E-state index contributed by atoms with van der Waals surface area (Å²) in [5.74, 6) is -0.691. The molecule has 6 atom stereocenters. The molecule has 2 saturated heterocycles. The number of allylic oxidation sites excluding steroid dienone is 4. The highest BCUT2D eigenvalue weighted by Crippen LogP contribution is 2.69. The van der Waals surface area contributed by atoms with Crippen LogP contribution < -0.4 is 9.47 Å². The van der Waals surface area contributed by atoms with Gasteiger partial charge in [0.2, 0.25) is 0 Å². The maximum Gasteiger partial charge on any atom is 0.298 e. The summed E-state index contributed by atoms with van der Waals surface area (Å²) in [5.41, 5.74) is -2.26. The zero-order chi connectivity index (χ0) is 33.9. The first kappa shape index (κ1) is 31.9. The molecule has 3 aliphatic carbocycles. The predicted octanol–water partition coefficient (Wildman–Crippen LogP) is 6.50. The summed E-state index contributed by atoms with van der Waals surface area (Å²) in [6, 6.07) is 0. The highest BCUT2D eigenvalue weighted by atomic mass is 16.6. The zero-order valence-corrected chi connectivity index (χ0v) is 28.4. The van der Waals surface area contributed by atoms with Gasteiger partial charge in [-0.05, 0) is 92.9 Å². The minimum absolute atomic E-state index is 0.0363. The van der Waals surface area contributed by atoms with Crippen molar-refractivity contribution in [2.75, 3.05) is 0 Å². The smallest absolute Gasteiger partial charge is 0.298 e. The first-order valence-electron chi connectivity index (χ1n) is 16.6. The number of aromatic hydroxyl groups is 1. The third-order valence-electron chi connectivity index (χ3n) is 11.2. The van der Waals surface area contributed by atoms with Gasteiger partial charge in [-0.2, -0.15) is 0 Å². The summed E-state index contributed by atoms with van der Waals surface area (Å²) < 4.78 is 31.9. The Labute approximate surface area is 275 Å². The van der Waals surface area contributed by atoms with Crippen molar-refractivity contribution in [2.24, 2.45) is 11.8 Å². The van der Waals surface area contributed by atoms with Crippen molar-refractivity contribution < 1.29 is 43.2 Å². The van der Waals surface area contributed by atoms with Crippen LogP contribution in [0.2, 0.25) is 0 Å². The van der Waals surface area contributed by atoms with Crippen molar-refractivity contribution in [1.82, 2.24) is 0 Å². The lowest BCUT2D eigenvalue weighted by Gasteiger charge is -2.56. The molecule has 7 aliphatic rings. The Morgan fingerprint density at radius 3 is 2.43 bits per heavy atom. The number of ketones is 2. The van der Waals surface area contributed by atoms with E-state index in [1.807, 2.05) is 46.8 Å². The zero-order valence-electron chi connectivity index (χ0n) is 28.4. The van der Waals surface area contributed by atoms with Gasteiger partial charge in [0.1, 0.15) is 34.2 Å². The van der Waals surface area contributed by atoms with E-state index < -0.39 is 28.3 Å². The van der Waals surface area contributed by atoms with E-state index in [0.717, 1.165) is 6.42 Å². The fraction of sp³-hybridized carbons (Fsp3) is 0.553. The molecule has 4 heterocycles. The summed E-state index contributed by atoms with van der Waals surface area (Å²) in [6.07, 6.45) is 11.5. The van der Waals surface area contributed by atoms with Crippen LogP contribution in [0.5, 0.6) is 17.2 Å². The largest absolute Gasteiger partial charge is 0.506 e. The van der Waals surface area contributed by atoms with Gasteiger partial charge in [0.15, 0.2) is 22.8 Å². The van der Waals surface area contributed by atoms with Crippen LogP contribution in [0, 0.1) is 11.8 Å². The number of epoxide rings is 1. The summed E-state index contributed by atoms with van der Waals surface area (Å²) >= 11 is 0. The van der Waals surface area contributed by atoms with E-state index in [2.05, 4.69) is 19.9 Å². The Hall–Kier alpha value is -3.69. The van der Waals surface area contributed by atoms with Crippen LogP contribution in [0.1, 0.15) is 103 Å². The molecule has 47 heavy (non-hydrogen) atoms. The number of hydrogen-bond acceptors (Lipinski definition) is 9. The van der Waals surface area contributed by atoms with Gasteiger partial charge in [-0.25, -0.2) is 0 Å². The molecule has 1 saturated carbocycles. The molecule has 1 aromatic rings. The molecule has 4 bridgehead atoms. The molecule has 8 rings (SSSR count). The molecule has 9 nitrogen and oxygen atoms in total. The second-order valence-corrected chi connectivity index (χ2v) is 15.5. The number of phenolic OH excluding ortho intramolecular Hbond substituents is 1. The highest BCUT2D eigenvalue weighted by Gasteiger charge is 2.81. The van der Waals surface area contributed by atoms with E-state index in [0.29, 0.717) is 53.9 Å². The van der Waals surface area contributed by atoms with Gasteiger partial charge in [0, 0.05) is 35.8 Å². The molecule has 0 amide bonds. The lowest BCUT2D eigenvalue weighted by molar-refractivity contribution is -0.171. The maximum atomic E-state index is 14.8. The molecule has 250 valence electrons. The van der Waals surface area contributed by atoms with Crippen LogP contribution in [0.4, 0.5) is 0 Å². The third-order valence-corrected chi connectivity index (χ3v) is 11.2. The number of ether oxygens (including phenoxy) is 5. The van der Waals surface area contributed by atoms with Gasteiger partial charge in [0.25, 0.3) is 6.47 Å². The minimum Gasteiger partial charge on any atom is -0.506 e. The second-order valence-electron chi connectivity index (χ2n) is 15.5. The fourth-order valence-electron chi connectivity index (χ4n) is 8.70. The van der Waals surface area contributed by atoms with E-state index in [1.165, 1.54) is 5.57 Å². The molecule has 3 unspecified atom stereocenters. The van der Waals surface area contributed by atoms with Gasteiger partial charge >= 0.3 is 0 Å². The third kappa shape index (κ3) is 4.45. The Morgan fingerprint density at radius 2 is 1.77 bits per heavy atom. The van der Waals surface area contributed by atoms with Crippen molar-refractivity contribution >= 4 is 24.1 Å². The standard InChI is InChI=1S/C38H44O9/c1-20(2)10-9-13-36(8)14-12-23-29(40)28-30(41)25-16-22-17-26-34(4,5)47-37(33(22)42,15-11-21(3)43-19-39)38(25,26)46-32(28)24(31(23)45-36)18-27-35(6,7)44-27/h10-12,14,16,19,22,26-27,40H,9,13,15,17-18H2,1-8H3/b21-11-/t22?,26?,27?,36-,37-,38+/m0/s1. The average molecular weight is 645 g/mol. The molecular weight excluding hydrogens is 600 g/mol. The van der Waals surface area contributed by atoms with Crippen molar-refractivity contribution in [3.63, 3.8) is 0 Å². The van der Waals surface area contributed by atoms with E-state index in [-0.39, 0.29) is 52.7 Å². The molecule has 4 aliphatic heterocycles. The van der Waals surface area contributed by atoms with E-state index in [4.69, 9.17) is 23.7 Å². The Morgan fingerprint density at radius 1 is 1.04 bits per heavy atom. The number of Topliss-reactive ketones (excluding diaryl/α,β-unsaturated/α-hetero) is 2. The number of hydrogen-bond donors (Lipinski definition) is 1. The van der Waals surface area contributed by atoms with Crippen LogP contribution in [0.15, 0.2) is 41.2 Å². The summed E-state index contributed by atoms with van der Waals surface area (Å²) in [4.78, 5) is 40.3. The van der Waals surface area contributed by atoms with Crippen LogP contribution in [-0.4, -0.2) is 57.3 Å². The van der Waals surface area contributed by atoms with Crippen molar-refractivity contribution in [1.29, 1.82) is 0 Å². The first-order chi connectivity index (χ1) is 22.0. The molecule has 0 radical (unpaired) electrons. The van der Waals surface area contributed by atoms with Gasteiger partial charge in [0.05, 0.1) is 22.9 Å². The second kappa shape index (κ2) is 10.2. The number of rotatable bonds is 9. The quantitative estimate of drug-likeness (QED) is 0.139. The van der Waals surface area contributed by atoms with Gasteiger partial charge in [-0.1, -0.05) is 17.7 Å². The van der Waals surface area contributed by atoms with Crippen molar-refractivity contribution in [2.45, 2.75) is 122 Å². The number of phenols is 1. The Bertz CT molecular complexity index is 1740. The number of fused-ring (bicyclic) bond motifs is 2. The van der Waals surface area contributed by atoms with Crippen LogP contribution in [0.25, 0.3) is 6.08 Å². The molecule has 1 aromatic carbocycles. The Kier molecular flexibility index (Phi) is 6.89. The van der Waals surface area contributed by atoms with Crippen molar-refractivity contribution in [3.05, 3.63) is 57.9 Å². The van der Waals surface area contributed by atoms with Crippen LogP contribution in [-0.2, 0) is 30.2 Å². The molecule has 9 heteroatoms. The summed E-state index contributed by atoms with van der Waals surface area (Å²) in [7, 11) is 0. The molecule has 3 fully saturated rings. The average Bonchev–Trinajstić information content (AvgIpc) is 3.55. The number of carbonyl (C=O) groups is 3. The maximum absolute atomic E-state index is 14.8. The fourth-order valence-corrected chi connectivity index (χ4v) is 8.70. The van der Waals surface area contributed by atoms with Gasteiger partial charge < -0.3 is 28.8 Å². The first-order valence-corrected chi connectivity index (χ1v) is 16.6. The number of carbonyl (C=O) groups excluding carboxylic acids is 3. The monoisotopic (exact) mass is 644 g/mol. The van der Waals surface area contributed by atoms with E-state index >= 15 is 0 Å². The molecule has 0 aromatic heterocycles. The normalized spacial score (nSPS) is 34.8. The topological polar surface area (TPSA) is 121 Å². The van der Waals surface area contributed by atoms with Gasteiger partial charge in [-0.3, -0.25) is 14.4 Å². The minimum atomic E-state index is -1.56. The lowest BCUT2D eigenvalue weighted by atomic mass is 9.51. The molecular formula is C38H44O9. The van der Waals surface area contributed by atoms with Crippen LogP contribution >= 0.6 is 0 Å². The SMILES string of the molecule is CC(C)=CCC[C@@]1(C)C=Cc2c(O)c3c(c(CC4OC4(C)C)c2O1)O[C@]12C(=CC4CC1C(C)(C)O[C@@]2(C/C=C(/C)OC=O)C4=O)C3=O. The highest BCUT2D eigenvalue weighted by molar-refractivity contribution is 6.19. The van der Waals surface area contributed by atoms with Crippen LogP contribution in [0.3, 0.4) is 0 Å². The van der Waals surface area contributed by atoms with E-state index in [9.17, 15) is 19.5 Å². The predicted molar refractivity (Wildman–Crippen MR) is 173 cm³/mol. The molecule has 1 N–H and O–H groups in total. The number of benzene rings is 1. The van der Waals surface area contributed by atoms with Crippen molar-refractivity contribution in [3.8, 4) is 17.2 Å². The summed E-state index contributed by atoms with van der Waals surface area (Å²) in [5, 5.41) is 11.8. The van der Waals surface area contributed by atoms with Gasteiger partial charge in [-0.15, -0.1) is 0 Å². The lowest BCUT2D eigenvalue weighted by Crippen LogP contribution is -2.72. The Balaban J connectivity index is 1.43. The molecule has 1 spiro atoms. The van der Waals surface area contributed by atoms with E-state index in [1.54, 1.807) is 19.1 Å². The summed E-state index contributed by atoms with van der Waals surface area (Å²) in [6.45, 7) is 16.0.